The lowest BCUT2D eigenvalue weighted by atomic mass is 10.1. The van der Waals surface area contributed by atoms with Crippen LogP contribution in [0.4, 0.5) is 5.69 Å². The van der Waals surface area contributed by atoms with Gasteiger partial charge in [0.05, 0.1) is 18.7 Å². The van der Waals surface area contributed by atoms with Crippen molar-refractivity contribution in [3.05, 3.63) is 28.6 Å². The van der Waals surface area contributed by atoms with Crippen molar-refractivity contribution in [2.24, 2.45) is 0 Å². The summed E-state index contributed by atoms with van der Waals surface area (Å²) < 4.78 is 11.8. The zero-order valence-corrected chi connectivity index (χ0v) is 16.1. The van der Waals surface area contributed by atoms with Crippen molar-refractivity contribution in [2.45, 2.75) is 65.2 Å². The predicted molar refractivity (Wildman–Crippen MR) is 108 cm³/mol. The lowest BCUT2D eigenvalue weighted by Crippen LogP contribution is -2.15. The van der Waals surface area contributed by atoms with Gasteiger partial charge in [-0.25, -0.2) is 0 Å². The third kappa shape index (κ3) is 5.68. The second-order valence-electron chi connectivity index (χ2n) is 6.74. The Balaban J connectivity index is 2.20. The zero-order chi connectivity index (χ0) is 18.8. The second-order valence-corrected chi connectivity index (χ2v) is 6.74. The molecule has 0 radical (unpaired) electrons. The van der Waals surface area contributed by atoms with Gasteiger partial charge in [-0.05, 0) is 31.0 Å². The van der Waals surface area contributed by atoms with E-state index in [2.05, 4.69) is 18.8 Å². The molecule has 1 aromatic heterocycles. The van der Waals surface area contributed by atoms with Gasteiger partial charge in [0.25, 0.3) is 5.56 Å². The third-order valence-electron chi connectivity index (χ3n) is 4.44. The van der Waals surface area contributed by atoms with E-state index in [1.165, 1.54) is 25.7 Å². The number of fused-ring (bicyclic) bond motifs is 1. The summed E-state index contributed by atoms with van der Waals surface area (Å²) in [6.45, 7) is 5.45. The number of benzene rings is 1. The Hall–Kier alpha value is -2.17. The summed E-state index contributed by atoms with van der Waals surface area (Å²) in [7, 11) is 0. The average molecular weight is 360 g/mol. The molecule has 0 saturated carbocycles. The van der Waals surface area contributed by atoms with Crippen molar-refractivity contribution in [1.82, 2.24) is 4.98 Å². The molecule has 144 valence electrons. The molecule has 0 bridgehead atoms. The normalized spacial score (nSPS) is 11.0. The Labute approximate surface area is 155 Å². The van der Waals surface area contributed by atoms with Crippen LogP contribution in [0.25, 0.3) is 10.9 Å². The van der Waals surface area contributed by atoms with Gasteiger partial charge >= 0.3 is 0 Å². The van der Waals surface area contributed by atoms with Crippen molar-refractivity contribution >= 4 is 16.6 Å². The minimum absolute atomic E-state index is 0.262. The Morgan fingerprint density at radius 1 is 0.885 bits per heavy atom. The molecule has 5 nitrogen and oxygen atoms in total. The highest BCUT2D eigenvalue weighted by atomic mass is 16.5. The Morgan fingerprint density at radius 3 is 2.12 bits per heavy atom. The molecular formula is C21H32N2O3. The first kappa shape index (κ1) is 20.1. The first-order chi connectivity index (χ1) is 12.7. The van der Waals surface area contributed by atoms with Gasteiger partial charge < -0.3 is 20.2 Å². The monoisotopic (exact) mass is 360 g/mol. The standard InChI is InChI=1S/C21H32N2O3/c1-3-5-7-9-13-25-19-17-12-11-16(22)15-18(17)23-21(24)20(19)26-14-10-8-6-4-2/h11-12,15H,3-10,13-14,22H2,1-2H3,(H,23,24). The number of anilines is 1. The third-order valence-corrected chi connectivity index (χ3v) is 4.44. The minimum Gasteiger partial charge on any atom is -0.489 e. The molecule has 0 saturated heterocycles. The first-order valence-corrected chi connectivity index (χ1v) is 9.88. The van der Waals surface area contributed by atoms with Gasteiger partial charge in [-0.1, -0.05) is 52.4 Å². The van der Waals surface area contributed by atoms with Crippen molar-refractivity contribution in [1.29, 1.82) is 0 Å². The molecular weight excluding hydrogens is 328 g/mol. The summed E-state index contributed by atoms with van der Waals surface area (Å²) in [5.41, 5.74) is 6.87. The molecule has 0 unspecified atom stereocenters. The van der Waals surface area contributed by atoms with E-state index in [0.29, 0.717) is 30.2 Å². The maximum absolute atomic E-state index is 12.5. The van der Waals surface area contributed by atoms with Gasteiger partial charge in [-0.2, -0.15) is 0 Å². The van der Waals surface area contributed by atoms with Gasteiger partial charge in [-0.3, -0.25) is 4.79 Å². The van der Waals surface area contributed by atoms with Gasteiger partial charge in [-0.15, -0.1) is 0 Å². The van der Waals surface area contributed by atoms with Crippen molar-refractivity contribution < 1.29 is 9.47 Å². The molecule has 0 spiro atoms. The van der Waals surface area contributed by atoms with E-state index in [0.717, 1.165) is 31.1 Å². The fourth-order valence-electron chi connectivity index (χ4n) is 2.95. The van der Waals surface area contributed by atoms with Crippen LogP contribution in [-0.4, -0.2) is 18.2 Å². The number of hydrogen-bond donors (Lipinski definition) is 2. The molecule has 0 aliphatic carbocycles. The summed E-state index contributed by atoms with van der Waals surface area (Å²) in [6, 6.07) is 5.45. The minimum atomic E-state index is -0.262. The average Bonchev–Trinajstić information content (AvgIpc) is 2.62. The van der Waals surface area contributed by atoms with E-state index >= 15 is 0 Å². The number of H-pyrrole nitrogens is 1. The number of pyridine rings is 1. The lowest BCUT2D eigenvalue weighted by Gasteiger charge is -2.15. The summed E-state index contributed by atoms with van der Waals surface area (Å²) in [5.74, 6) is 0.824. The Kier molecular flexibility index (Phi) is 8.32. The summed E-state index contributed by atoms with van der Waals surface area (Å²) in [4.78, 5) is 15.4. The molecule has 26 heavy (non-hydrogen) atoms. The molecule has 3 N–H and O–H groups in total. The molecule has 2 aromatic rings. The van der Waals surface area contributed by atoms with Crippen LogP contribution >= 0.6 is 0 Å². The molecule has 5 heteroatoms. The maximum Gasteiger partial charge on any atom is 0.294 e. The van der Waals surface area contributed by atoms with Crippen molar-refractivity contribution in [3.63, 3.8) is 0 Å². The van der Waals surface area contributed by atoms with Gasteiger partial charge in [0.15, 0.2) is 5.75 Å². The molecule has 0 amide bonds. The Morgan fingerprint density at radius 2 is 1.50 bits per heavy atom. The number of rotatable bonds is 12. The number of aromatic amines is 1. The van der Waals surface area contributed by atoms with Gasteiger partial charge in [0.1, 0.15) is 0 Å². The van der Waals surface area contributed by atoms with Crippen LogP contribution in [0.15, 0.2) is 23.0 Å². The molecule has 0 aliphatic rings. The quantitative estimate of drug-likeness (QED) is 0.411. The highest BCUT2D eigenvalue weighted by Crippen LogP contribution is 2.32. The second kappa shape index (κ2) is 10.7. The molecule has 0 fully saturated rings. The fraction of sp³-hybridized carbons (Fsp3) is 0.571. The lowest BCUT2D eigenvalue weighted by molar-refractivity contribution is 0.258. The highest BCUT2D eigenvalue weighted by Gasteiger charge is 2.16. The number of nitrogens with one attached hydrogen (secondary N) is 1. The van der Waals surface area contributed by atoms with Crippen LogP contribution in [0.5, 0.6) is 11.5 Å². The molecule has 1 heterocycles. The van der Waals surface area contributed by atoms with Crippen LogP contribution in [0.3, 0.4) is 0 Å². The fourth-order valence-corrected chi connectivity index (χ4v) is 2.95. The van der Waals surface area contributed by atoms with E-state index in [9.17, 15) is 4.79 Å². The van der Waals surface area contributed by atoms with E-state index in [1.54, 1.807) is 6.07 Å². The number of hydrogen-bond acceptors (Lipinski definition) is 4. The van der Waals surface area contributed by atoms with Crippen LogP contribution in [0, 0.1) is 0 Å². The summed E-state index contributed by atoms with van der Waals surface area (Å²) >= 11 is 0. The SMILES string of the molecule is CCCCCCOc1c(OCCCCCC)c2ccc(N)cc2[nH]c1=O. The number of aromatic nitrogens is 1. The van der Waals surface area contributed by atoms with Gasteiger partial charge in [0.2, 0.25) is 5.75 Å². The largest absolute Gasteiger partial charge is 0.489 e. The van der Waals surface area contributed by atoms with Crippen LogP contribution < -0.4 is 20.8 Å². The van der Waals surface area contributed by atoms with Gasteiger partial charge in [0, 0.05) is 11.1 Å². The van der Waals surface area contributed by atoms with E-state index in [-0.39, 0.29) is 11.3 Å². The van der Waals surface area contributed by atoms with E-state index < -0.39 is 0 Å². The number of nitrogen functional groups attached to an aromatic ring is 1. The topological polar surface area (TPSA) is 77.3 Å². The van der Waals surface area contributed by atoms with Crippen molar-refractivity contribution in [3.8, 4) is 11.5 Å². The number of nitrogens with two attached hydrogens (primary N) is 1. The zero-order valence-electron chi connectivity index (χ0n) is 16.1. The first-order valence-electron chi connectivity index (χ1n) is 9.88. The molecule has 0 aliphatic heterocycles. The smallest absolute Gasteiger partial charge is 0.294 e. The van der Waals surface area contributed by atoms with Crippen LogP contribution in [0.1, 0.15) is 65.2 Å². The molecule has 1 aromatic carbocycles. The number of unbranched alkanes of at least 4 members (excludes halogenated alkanes) is 6. The summed E-state index contributed by atoms with van der Waals surface area (Å²) in [5, 5.41) is 0.831. The Bertz CT molecular complexity index is 740. The molecule has 2 rings (SSSR count). The number of ether oxygens (including phenoxy) is 2. The van der Waals surface area contributed by atoms with Crippen LogP contribution in [0.2, 0.25) is 0 Å². The highest BCUT2D eigenvalue weighted by molar-refractivity contribution is 5.89. The predicted octanol–water partition coefficient (Wildman–Crippen LogP) is 5.03. The maximum atomic E-state index is 12.5. The molecule has 0 atom stereocenters. The summed E-state index contributed by atoms with van der Waals surface area (Å²) in [6.07, 6.45) is 8.84. The van der Waals surface area contributed by atoms with Crippen LogP contribution in [-0.2, 0) is 0 Å². The van der Waals surface area contributed by atoms with E-state index in [4.69, 9.17) is 15.2 Å². The van der Waals surface area contributed by atoms with Crippen molar-refractivity contribution in [2.75, 3.05) is 18.9 Å². The van der Waals surface area contributed by atoms with E-state index in [1.807, 2.05) is 12.1 Å².